The molecule has 0 amide bonds. The van der Waals surface area contributed by atoms with Crippen molar-refractivity contribution in [1.82, 2.24) is 5.32 Å². The normalized spacial score (nSPS) is 20.8. The van der Waals surface area contributed by atoms with Crippen LogP contribution < -0.4 is 5.32 Å². The highest BCUT2D eigenvalue weighted by Crippen LogP contribution is 2.36. The first-order valence-electron chi connectivity index (χ1n) is 3.51. The Kier molecular flexibility index (Phi) is 2.49. The average Bonchev–Trinajstić information content (AvgIpc) is 1.80. The zero-order chi connectivity index (χ0) is 10.1. The number of ether oxygens (including phenoxy) is 1. The summed E-state index contributed by atoms with van der Waals surface area (Å²) in [5, 5.41) is 10.5. The molecule has 76 valence electrons. The standard InChI is InChI=1S/C6H8F3NO3/c7-6(8,9)5(2-10-3-5)13-1-4(11)12/h10H,1-3H2,(H,11,12). The molecule has 0 saturated carbocycles. The second kappa shape index (κ2) is 3.15. The molecule has 0 radical (unpaired) electrons. The van der Waals surface area contributed by atoms with Crippen LogP contribution in [0.15, 0.2) is 0 Å². The van der Waals surface area contributed by atoms with E-state index in [9.17, 15) is 18.0 Å². The summed E-state index contributed by atoms with van der Waals surface area (Å²) in [5.41, 5.74) is -2.30. The molecule has 1 aliphatic rings. The maximum absolute atomic E-state index is 12.2. The first kappa shape index (κ1) is 10.3. The van der Waals surface area contributed by atoms with Gasteiger partial charge in [0.25, 0.3) is 0 Å². The Bertz CT molecular complexity index is 212. The number of carbonyl (C=O) groups is 1. The fourth-order valence-corrected chi connectivity index (χ4v) is 0.936. The van der Waals surface area contributed by atoms with Crippen LogP contribution in [0.3, 0.4) is 0 Å². The van der Waals surface area contributed by atoms with E-state index in [4.69, 9.17) is 5.11 Å². The highest BCUT2D eigenvalue weighted by atomic mass is 19.4. The minimum atomic E-state index is -4.52. The third-order valence-electron chi connectivity index (χ3n) is 1.81. The van der Waals surface area contributed by atoms with Crippen molar-refractivity contribution in [3.8, 4) is 0 Å². The molecule has 0 spiro atoms. The summed E-state index contributed by atoms with van der Waals surface area (Å²) in [5.74, 6) is -1.41. The topological polar surface area (TPSA) is 58.6 Å². The molecule has 0 aromatic rings. The quantitative estimate of drug-likeness (QED) is 0.671. The Morgan fingerprint density at radius 1 is 1.54 bits per heavy atom. The van der Waals surface area contributed by atoms with Crippen molar-refractivity contribution in [2.24, 2.45) is 0 Å². The maximum Gasteiger partial charge on any atom is 0.419 e. The van der Waals surface area contributed by atoms with Crippen molar-refractivity contribution in [1.29, 1.82) is 0 Å². The monoisotopic (exact) mass is 199 g/mol. The summed E-state index contributed by atoms with van der Waals surface area (Å²) < 4.78 is 41.0. The molecule has 1 fully saturated rings. The Labute approximate surface area is 71.7 Å². The summed E-state index contributed by atoms with van der Waals surface area (Å²) in [6.07, 6.45) is -4.52. The van der Waals surface area contributed by atoms with Crippen LogP contribution in [0.1, 0.15) is 0 Å². The average molecular weight is 199 g/mol. The molecule has 0 atom stereocenters. The van der Waals surface area contributed by atoms with Gasteiger partial charge in [-0.05, 0) is 0 Å². The van der Waals surface area contributed by atoms with Crippen LogP contribution in [-0.4, -0.2) is 42.5 Å². The van der Waals surface area contributed by atoms with E-state index in [1.54, 1.807) is 0 Å². The number of alkyl halides is 3. The molecule has 0 bridgehead atoms. The lowest BCUT2D eigenvalue weighted by Crippen LogP contribution is -2.69. The summed E-state index contributed by atoms with van der Waals surface area (Å²) in [4.78, 5) is 10.0. The van der Waals surface area contributed by atoms with Crippen molar-refractivity contribution in [3.05, 3.63) is 0 Å². The molecule has 2 N–H and O–H groups in total. The molecule has 1 aliphatic heterocycles. The smallest absolute Gasteiger partial charge is 0.419 e. The van der Waals surface area contributed by atoms with Crippen LogP contribution >= 0.6 is 0 Å². The largest absolute Gasteiger partial charge is 0.480 e. The van der Waals surface area contributed by atoms with Gasteiger partial charge in [0.1, 0.15) is 6.61 Å². The second-order valence-corrected chi connectivity index (χ2v) is 2.78. The van der Waals surface area contributed by atoms with Gasteiger partial charge >= 0.3 is 12.1 Å². The summed E-state index contributed by atoms with van der Waals surface area (Å²) in [6.45, 7) is -1.70. The van der Waals surface area contributed by atoms with Crippen molar-refractivity contribution >= 4 is 5.97 Å². The maximum atomic E-state index is 12.2. The Morgan fingerprint density at radius 2 is 2.08 bits per heavy atom. The third kappa shape index (κ3) is 1.92. The van der Waals surface area contributed by atoms with Crippen LogP contribution in [0.5, 0.6) is 0 Å². The molecule has 1 saturated heterocycles. The zero-order valence-corrected chi connectivity index (χ0v) is 6.52. The molecule has 1 rings (SSSR count). The van der Waals surface area contributed by atoms with Crippen LogP contribution in [0, 0.1) is 0 Å². The predicted octanol–water partition coefficient (Wildman–Crippen LogP) is -0.00810. The first-order valence-corrected chi connectivity index (χ1v) is 3.51. The van der Waals surface area contributed by atoms with Gasteiger partial charge in [-0.1, -0.05) is 0 Å². The van der Waals surface area contributed by atoms with Gasteiger partial charge in [-0.15, -0.1) is 0 Å². The van der Waals surface area contributed by atoms with Gasteiger partial charge in [0.15, 0.2) is 5.60 Å². The second-order valence-electron chi connectivity index (χ2n) is 2.78. The van der Waals surface area contributed by atoms with Gasteiger partial charge in [0.2, 0.25) is 0 Å². The molecule has 0 aliphatic carbocycles. The first-order chi connectivity index (χ1) is 5.87. The molecule has 0 aromatic heterocycles. The minimum absolute atomic E-state index is 0.385. The Balaban J connectivity index is 2.55. The number of carboxylic acids is 1. The van der Waals surface area contributed by atoms with Crippen LogP contribution in [0.4, 0.5) is 13.2 Å². The highest BCUT2D eigenvalue weighted by molar-refractivity contribution is 5.68. The van der Waals surface area contributed by atoms with Gasteiger partial charge in [0.05, 0.1) is 0 Å². The Hall–Kier alpha value is -0.820. The van der Waals surface area contributed by atoms with E-state index in [0.717, 1.165) is 0 Å². The minimum Gasteiger partial charge on any atom is -0.480 e. The third-order valence-corrected chi connectivity index (χ3v) is 1.81. The molecule has 7 heteroatoms. The number of hydrogen-bond acceptors (Lipinski definition) is 3. The number of halogens is 3. The van der Waals surface area contributed by atoms with E-state index in [1.807, 2.05) is 0 Å². The van der Waals surface area contributed by atoms with E-state index in [-0.39, 0.29) is 13.1 Å². The number of carboxylic acid groups (broad SMARTS) is 1. The summed E-state index contributed by atoms with van der Waals surface area (Å²) in [6, 6.07) is 0. The van der Waals surface area contributed by atoms with Crippen molar-refractivity contribution in [2.45, 2.75) is 11.8 Å². The van der Waals surface area contributed by atoms with Gasteiger partial charge in [-0.2, -0.15) is 13.2 Å². The summed E-state index contributed by atoms with van der Waals surface area (Å²) >= 11 is 0. The molecule has 4 nitrogen and oxygen atoms in total. The molecule has 0 unspecified atom stereocenters. The van der Waals surface area contributed by atoms with Gasteiger partial charge < -0.3 is 15.2 Å². The van der Waals surface area contributed by atoms with Crippen LogP contribution in [0.2, 0.25) is 0 Å². The van der Waals surface area contributed by atoms with E-state index in [2.05, 4.69) is 10.1 Å². The molecular weight excluding hydrogens is 191 g/mol. The lowest BCUT2D eigenvalue weighted by Gasteiger charge is -2.42. The van der Waals surface area contributed by atoms with Crippen molar-refractivity contribution in [2.75, 3.05) is 19.7 Å². The molecular formula is C6H8F3NO3. The molecule has 0 aromatic carbocycles. The fourth-order valence-electron chi connectivity index (χ4n) is 0.936. The van der Waals surface area contributed by atoms with Gasteiger partial charge in [-0.25, -0.2) is 4.79 Å². The highest BCUT2D eigenvalue weighted by Gasteiger charge is 2.60. The predicted molar refractivity (Wildman–Crippen MR) is 35.2 cm³/mol. The number of hydrogen-bond donors (Lipinski definition) is 2. The van der Waals surface area contributed by atoms with E-state index < -0.39 is 24.4 Å². The number of rotatable bonds is 3. The number of nitrogens with one attached hydrogen (secondary N) is 1. The van der Waals surface area contributed by atoms with Crippen molar-refractivity contribution < 1.29 is 27.8 Å². The van der Waals surface area contributed by atoms with Crippen molar-refractivity contribution in [3.63, 3.8) is 0 Å². The van der Waals surface area contributed by atoms with E-state index in [0.29, 0.717) is 0 Å². The van der Waals surface area contributed by atoms with Gasteiger partial charge in [0, 0.05) is 13.1 Å². The van der Waals surface area contributed by atoms with Crippen LogP contribution in [-0.2, 0) is 9.53 Å². The SMILES string of the molecule is O=C(O)COC1(C(F)(F)F)CNC1. The Morgan fingerprint density at radius 3 is 2.31 bits per heavy atom. The van der Waals surface area contributed by atoms with E-state index >= 15 is 0 Å². The lowest BCUT2D eigenvalue weighted by atomic mass is 9.96. The van der Waals surface area contributed by atoms with Crippen LogP contribution in [0.25, 0.3) is 0 Å². The number of aliphatic carboxylic acids is 1. The molecule has 13 heavy (non-hydrogen) atoms. The lowest BCUT2D eigenvalue weighted by molar-refractivity contribution is -0.291. The van der Waals surface area contributed by atoms with Gasteiger partial charge in [-0.3, -0.25) is 0 Å². The summed E-state index contributed by atoms with van der Waals surface area (Å²) in [7, 11) is 0. The zero-order valence-electron chi connectivity index (χ0n) is 6.52. The molecule has 1 heterocycles. The van der Waals surface area contributed by atoms with E-state index in [1.165, 1.54) is 0 Å². The fraction of sp³-hybridized carbons (Fsp3) is 0.833.